The van der Waals surface area contributed by atoms with E-state index in [2.05, 4.69) is 25.0 Å². The Labute approximate surface area is 157 Å². The second kappa shape index (κ2) is 7.67. The average molecular weight is 397 g/mol. The van der Waals surface area contributed by atoms with Crippen LogP contribution in [0, 0.1) is 0 Å². The van der Waals surface area contributed by atoms with E-state index in [0.29, 0.717) is 22.8 Å². The van der Waals surface area contributed by atoms with Crippen molar-refractivity contribution in [2.45, 2.75) is 6.36 Å². The number of rotatable bonds is 5. The molecule has 0 radical (unpaired) electrons. The Morgan fingerprint density at radius 1 is 0.963 bits per heavy atom. The van der Waals surface area contributed by atoms with Crippen LogP contribution in [0.5, 0.6) is 11.5 Å². The molecule has 0 aliphatic heterocycles. The lowest BCUT2D eigenvalue weighted by Crippen LogP contribution is -2.17. The third kappa shape index (κ3) is 5.20. The maximum atomic E-state index is 12.2. The first-order chi connectivity index (χ1) is 12.8. The number of hydrogen-bond acceptors (Lipinski definition) is 6. The molecule has 0 fully saturated rings. The molecule has 0 saturated carbocycles. The molecule has 1 aromatic heterocycles. The fourth-order valence-electron chi connectivity index (χ4n) is 2.17. The molecule has 0 aliphatic rings. The number of methoxy groups -OCH3 is 1. The molecule has 140 valence electrons. The van der Waals surface area contributed by atoms with E-state index in [1.54, 1.807) is 31.4 Å². The molecule has 3 aromatic rings. The Hall–Kier alpha value is -3.07. The molecule has 0 saturated heterocycles. The molecule has 10 heteroatoms. The van der Waals surface area contributed by atoms with Crippen LogP contribution in [0.25, 0.3) is 11.4 Å². The van der Waals surface area contributed by atoms with Gasteiger partial charge in [0, 0.05) is 11.3 Å². The molecule has 6 nitrogen and oxygen atoms in total. The number of aromatic nitrogens is 3. The summed E-state index contributed by atoms with van der Waals surface area (Å²) in [4.78, 5) is 12.3. The summed E-state index contributed by atoms with van der Waals surface area (Å²) in [7, 11) is 1.54. The van der Waals surface area contributed by atoms with Crippen molar-refractivity contribution in [3.05, 3.63) is 53.8 Å². The Kier molecular flexibility index (Phi) is 5.31. The molecule has 27 heavy (non-hydrogen) atoms. The summed E-state index contributed by atoms with van der Waals surface area (Å²) in [5.74, 6) is 0.739. The first-order valence-corrected chi connectivity index (χ1v) is 7.89. The SMILES string of the molecule is COc1cccc(-c2nc(Cl)nc(Nc3ccc(OC(F)(F)F)cc3)n2)c1. The van der Waals surface area contributed by atoms with Gasteiger partial charge in [0.15, 0.2) is 5.82 Å². The van der Waals surface area contributed by atoms with Crippen LogP contribution in [0.3, 0.4) is 0 Å². The van der Waals surface area contributed by atoms with Crippen LogP contribution in [-0.4, -0.2) is 28.4 Å². The number of benzene rings is 2. The Balaban J connectivity index is 1.82. The maximum absolute atomic E-state index is 12.2. The average Bonchev–Trinajstić information content (AvgIpc) is 2.62. The largest absolute Gasteiger partial charge is 0.573 e. The number of nitrogens with zero attached hydrogens (tertiary/aromatic N) is 3. The van der Waals surface area contributed by atoms with E-state index in [1.807, 2.05) is 0 Å². The fraction of sp³-hybridized carbons (Fsp3) is 0.118. The molecule has 1 heterocycles. The molecule has 1 N–H and O–H groups in total. The Morgan fingerprint density at radius 2 is 1.70 bits per heavy atom. The van der Waals surface area contributed by atoms with Gasteiger partial charge < -0.3 is 14.8 Å². The van der Waals surface area contributed by atoms with Gasteiger partial charge in [-0.3, -0.25) is 0 Å². The molecular formula is C17H12ClF3N4O2. The zero-order valence-electron chi connectivity index (χ0n) is 13.8. The second-order valence-corrected chi connectivity index (χ2v) is 5.52. The van der Waals surface area contributed by atoms with Gasteiger partial charge in [0.1, 0.15) is 11.5 Å². The van der Waals surface area contributed by atoms with Crippen LogP contribution in [0.4, 0.5) is 24.8 Å². The zero-order chi connectivity index (χ0) is 19.4. The number of hydrogen-bond donors (Lipinski definition) is 1. The summed E-state index contributed by atoms with van der Waals surface area (Å²) in [5, 5.41) is 2.82. The van der Waals surface area contributed by atoms with Crippen LogP contribution >= 0.6 is 11.6 Å². The third-order valence-electron chi connectivity index (χ3n) is 3.28. The van der Waals surface area contributed by atoms with Gasteiger partial charge in [-0.2, -0.15) is 15.0 Å². The molecule has 0 spiro atoms. The summed E-state index contributed by atoms with van der Waals surface area (Å²) < 4.78 is 45.6. The van der Waals surface area contributed by atoms with Crippen molar-refractivity contribution in [1.82, 2.24) is 15.0 Å². The van der Waals surface area contributed by atoms with Crippen LogP contribution in [0.2, 0.25) is 5.28 Å². The van der Waals surface area contributed by atoms with Gasteiger partial charge >= 0.3 is 6.36 Å². The van der Waals surface area contributed by atoms with E-state index in [-0.39, 0.29) is 17.0 Å². The maximum Gasteiger partial charge on any atom is 0.573 e. The highest BCUT2D eigenvalue weighted by Crippen LogP contribution is 2.26. The van der Waals surface area contributed by atoms with Crippen molar-refractivity contribution in [2.75, 3.05) is 12.4 Å². The first kappa shape index (κ1) is 18.7. The zero-order valence-corrected chi connectivity index (χ0v) is 14.5. The molecule has 0 bridgehead atoms. The number of halogens is 4. The van der Waals surface area contributed by atoms with Crippen LogP contribution < -0.4 is 14.8 Å². The number of anilines is 2. The summed E-state index contributed by atoms with van der Waals surface area (Å²) in [6.07, 6.45) is -4.75. The second-order valence-electron chi connectivity index (χ2n) is 5.18. The third-order valence-corrected chi connectivity index (χ3v) is 3.45. The summed E-state index contributed by atoms with van der Waals surface area (Å²) >= 11 is 5.96. The summed E-state index contributed by atoms with van der Waals surface area (Å²) in [6.45, 7) is 0. The van der Waals surface area contributed by atoms with Crippen molar-refractivity contribution in [1.29, 1.82) is 0 Å². The molecule has 0 unspecified atom stereocenters. The minimum absolute atomic E-state index is 0.0395. The van der Waals surface area contributed by atoms with Crippen LogP contribution in [-0.2, 0) is 0 Å². The number of alkyl halides is 3. The van der Waals surface area contributed by atoms with Crippen molar-refractivity contribution in [3.8, 4) is 22.9 Å². The summed E-state index contributed by atoms with van der Waals surface area (Å²) in [5.41, 5.74) is 1.11. The molecule has 0 amide bonds. The van der Waals surface area contributed by atoms with Gasteiger partial charge in [0.25, 0.3) is 0 Å². The lowest BCUT2D eigenvalue weighted by molar-refractivity contribution is -0.274. The molecule has 0 atom stereocenters. The molecular weight excluding hydrogens is 385 g/mol. The molecule has 3 rings (SSSR count). The minimum Gasteiger partial charge on any atom is -0.497 e. The van der Waals surface area contributed by atoms with Crippen molar-refractivity contribution in [2.24, 2.45) is 0 Å². The number of ether oxygens (including phenoxy) is 2. The lowest BCUT2D eigenvalue weighted by atomic mass is 10.2. The van der Waals surface area contributed by atoms with Crippen molar-refractivity contribution < 1.29 is 22.6 Å². The Morgan fingerprint density at radius 3 is 2.37 bits per heavy atom. The van der Waals surface area contributed by atoms with Crippen molar-refractivity contribution in [3.63, 3.8) is 0 Å². The van der Waals surface area contributed by atoms with Gasteiger partial charge in [-0.1, -0.05) is 12.1 Å². The molecule has 0 aliphatic carbocycles. The highest BCUT2D eigenvalue weighted by Gasteiger charge is 2.30. The first-order valence-electron chi connectivity index (χ1n) is 7.51. The van der Waals surface area contributed by atoms with E-state index in [0.717, 1.165) is 0 Å². The topological polar surface area (TPSA) is 69.2 Å². The number of nitrogens with one attached hydrogen (secondary N) is 1. The highest BCUT2D eigenvalue weighted by atomic mass is 35.5. The van der Waals surface area contributed by atoms with E-state index in [4.69, 9.17) is 16.3 Å². The van der Waals surface area contributed by atoms with Crippen LogP contribution in [0.1, 0.15) is 0 Å². The standard InChI is InChI=1S/C17H12ClF3N4O2/c1-26-13-4-2-3-10(9-13)14-23-15(18)25-16(24-14)22-11-5-7-12(8-6-11)27-17(19,20)21/h2-9H,1H3,(H,22,23,24,25). The smallest absolute Gasteiger partial charge is 0.497 e. The predicted octanol–water partition coefficient (Wildman–Crippen LogP) is 4.84. The quantitative estimate of drug-likeness (QED) is 0.665. The lowest BCUT2D eigenvalue weighted by Gasteiger charge is -2.10. The summed E-state index contributed by atoms with van der Waals surface area (Å²) in [6, 6.07) is 12.2. The van der Waals surface area contributed by atoms with Gasteiger partial charge in [-0.25, -0.2) is 0 Å². The Bertz CT molecular complexity index is 936. The predicted molar refractivity (Wildman–Crippen MR) is 93.2 cm³/mol. The van der Waals surface area contributed by atoms with Gasteiger partial charge in [-0.05, 0) is 48.0 Å². The minimum atomic E-state index is -4.75. The molecule has 2 aromatic carbocycles. The van der Waals surface area contributed by atoms with Gasteiger partial charge in [0.05, 0.1) is 7.11 Å². The van der Waals surface area contributed by atoms with Crippen LogP contribution in [0.15, 0.2) is 48.5 Å². The monoisotopic (exact) mass is 396 g/mol. The fourth-order valence-corrected chi connectivity index (χ4v) is 2.33. The van der Waals surface area contributed by atoms with E-state index >= 15 is 0 Å². The highest BCUT2D eigenvalue weighted by molar-refractivity contribution is 6.28. The van der Waals surface area contributed by atoms with Gasteiger partial charge in [-0.15, -0.1) is 13.2 Å². The van der Waals surface area contributed by atoms with E-state index < -0.39 is 6.36 Å². The van der Waals surface area contributed by atoms with E-state index in [9.17, 15) is 13.2 Å². The normalized spacial score (nSPS) is 11.1. The van der Waals surface area contributed by atoms with Crippen molar-refractivity contribution >= 4 is 23.2 Å². The van der Waals surface area contributed by atoms with E-state index in [1.165, 1.54) is 24.3 Å². The van der Waals surface area contributed by atoms with Gasteiger partial charge in [0.2, 0.25) is 11.2 Å².